The number of nitrogens with zero attached hydrogens (tertiary/aromatic N) is 2. The van der Waals surface area contributed by atoms with Crippen molar-refractivity contribution in [2.24, 2.45) is 0 Å². The molecule has 1 N–H and O–H groups in total. The van der Waals surface area contributed by atoms with Crippen LogP contribution in [-0.4, -0.2) is 74.3 Å². The minimum absolute atomic E-state index is 0.0385. The zero-order valence-corrected chi connectivity index (χ0v) is 14.6. The molecule has 7 nitrogen and oxygen atoms in total. The number of phenolic OH excluding ortho intramolecular Hbond substituents is 1. The smallest absolute Gasteiger partial charge is 0.254 e. The molecule has 0 aliphatic carbocycles. The van der Waals surface area contributed by atoms with Crippen molar-refractivity contribution in [1.82, 2.24) is 9.21 Å². The maximum atomic E-state index is 13.4. The molecule has 0 bridgehead atoms. The molecule has 1 heterocycles. The van der Waals surface area contributed by atoms with E-state index in [0.29, 0.717) is 13.0 Å². The van der Waals surface area contributed by atoms with Crippen molar-refractivity contribution in [3.05, 3.63) is 29.3 Å². The first-order valence-corrected chi connectivity index (χ1v) is 9.31. The number of carbonyl (C=O) groups is 1. The van der Waals surface area contributed by atoms with E-state index in [-0.39, 0.29) is 37.5 Å². The van der Waals surface area contributed by atoms with E-state index < -0.39 is 33.3 Å². The molecule has 0 aromatic heterocycles. The second-order valence-corrected chi connectivity index (χ2v) is 7.73. The van der Waals surface area contributed by atoms with Crippen molar-refractivity contribution in [1.29, 1.82) is 0 Å². The fourth-order valence-corrected chi connectivity index (χ4v) is 4.02. The van der Waals surface area contributed by atoms with Gasteiger partial charge in [0.1, 0.15) is 0 Å². The van der Waals surface area contributed by atoms with Gasteiger partial charge in [-0.2, -0.15) is 4.31 Å². The van der Waals surface area contributed by atoms with E-state index in [1.165, 1.54) is 16.3 Å². The summed E-state index contributed by atoms with van der Waals surface area (Å²) in [4.78, 5) is 13.6. The van der Waals surface area contributed by atoms with Crippen LogP contribution in [0.3, 0.4) is 0 Å². The average molecular weight is 378 g/mol. The van der Waals surface area contributed by atoms with E-state index in [0.717, 1.165) is 12.1 Å². The topological polar surface area (TPSA) is 87.2 Å². The van der Waals surface area contributed by atoms with Crippen LogP contribution in [0.4, 0.5) is 8.78 Å². The Bertz CT molecular complexity index is 710. The fourth-order valence-electron chi connectivity index (χ4n) is 2.56. The van der Waals surface area contributed by atoms with Gasteiger partial charge in [0, 0.05) is 45.5 Å². The molecule has 25 heavy (non-hydrogen) atoms. The number of rotatable bonds is 6. The number of piperazine rings is 1. The van der Waals surface area contributed by atoms with E-state index >= 15 is 0 Å². The van der Waals surface area contributed by atoms with Crippen molar-refractivity contribution < 1.29 is 31.8 Å². The number of aromatic hydroxyl groups is 1. The number of hydrogen-bond acceptors (Lipinski definition) is 5. The van der Waals surface area contributed by atoms with Gasteiger partial charge in [-0.1, -0.05) is 0 Å². The lowest BCUT2D eigenvalue weighted by Gasteiger charge is -2.34. The highest BCUT2D eigenvalue weighted by Crippen LogP contribution is 2.22. The van der Waals surface area contributed by atoms with Gasteiger partial charge in [-0.05, 0) is 18.6 Å². The summed E-state index contributed by atoms with van der Waals surface area (Å²) in [6.07, 6.45) is 0.379. The maximum absolute atomic E-state index is 13.4. The first-order chi connectivity index (χ1) is 11.8. The Morgan fingerprint density at radius 1 is 1.20 bits per heavy atom. The first kappa shape index (κ1) is 19.5. The number of sulfonamides is 1. The molecule has 0 saturated carbocycles. The number of carbonyl (C=O) groups excluding carboxylic acids is 1. The summed E-state index contributed by atoms with van der Waals surface area (Å²) in [6.45, 7) is 0.808. The third-order valence-corrected chi connectivity index (χ3v) is 5.89. The number of ether oxygens (including phenoxy) is 1. The van der Waals surface area contributed by atoms with Crippen LogP contribution in [0, 0.1) is 11.6 Å². The summed E-state index contributed by atoms with van der Waals surface area (Å²) < 4.78 is 57.2. The second kappa shape index (κ2) is 8.07. The monoisotopic (exact) mass is 378 g/mol. The molecule has 0 unspecified atom stereocenters. The Morgan fingerprint density at radius 2 is 1.76 bits per heavy atom. The largest absolute Gasteiger partial charge is 0.503 e. The molecule has 1 aliphatic rings. The molecule has 10 heteroatoms. The lowest BCUT2D eigenvalue weighted by Crippen LogP contribution is -2.51. The molecule has 1 amide bonds. The molecule has 140 valence electrons. The SMILES string of the molecule is COCCCS(=O)(=O)N1CCN(C(=O)c2cc(F)c(O)c(F)c2)CC1. The molecule has 1 aromatic rings. The molecular formula is C15H20F2N2O5S. The van der Waals surface area contributed by atoms with Crippen LogP contribution in [0.5, 0.6) is 5.75 Å². The van der Waals surface area contributed by atoms with Gasteiger partial charge in [0.25, 0.3) is 5.91 Å². The number of hydrogen-bond donors (Lipinski definition) is 1. The highest BCUT2D eigenvalue weighted by atomic mass is 32.2. The third-order valence-electron chi connectivity index (χ3n) is 3.93. The minimum atomic E-state index is -3.43. The van der Waals surface area contributed by atoms with E-state index in [9.17, 15) is 22.0 Å². The summed E-state index contributed by atoms with van der Waals surface area (Å²) in [7, 11) is -1.93. The summed E-state index contributed by atoms with van der Waals surface area (Å²) in [5, 5.41) is 9.08. The molecule has 0 spiro atoms. The maximum Gasteiger partial charge on any atom is 0.254 e. The van der Waals surface area contributed by atoms with Gasteiger partial charge in [0.2, 0.25) is 10.0 Å². The lowest BCUT2D eigenvalue weighted by atomic mass is 10.1. The van der Waals surface area contributed by atoms with Crippen LogP contribution in [-0.2, 0) is 14.8 Å². The van der Waals surface area contributed by atoms with Crippen LogP contribution >= 0.6 is 0 Å². The van der Waals surface area contributed by atoms with Gasteiger partial charge < -0.3 is 14.7 Å². The van der Waals surface area contributed by atoms with Crippen molar-refractivity contribution in [2.75, 3.05) is 45.6 Å². The lowest BCUT2D eigenvalue weighted by molar-refractivity contribution is 0.0696. The summed E-state index contributed by atoms with van der Waals surface area (Å²) in [5.74, 6) is -4.23. The number of amides is 1. The Kier molecular flexibility index (Phi) is 6.31. The van der Waals surface area contributed by atoms with Gasteiger partial charge in [0.15, 0.2) is 17.4 Å². The van der Waals surface area contributed by atoms with Gasteiger partial charge in [-0.15, -0.1) is 0 Å². The molecule has 1 aliphatic heterocycles. The van der Waals surface area contributed by atoms with Gasteiger partial charge >= 0.3 is 0 Å². The number of methoxy groups -OCH3 is 1. The molecule has 0 atom stereocenters. The second-order valence-electron chi connectivity index (χ2n) is 5.64. The summed E-state index contributed by atoms with van der Waals surface area (Å²) >= 11 is 0. The Labute approximate surface area is 144 Å². The van der Waals surface area contributed by atoms with Gasteiger partial charge in [-0.25, -0.2) is 17.2 Å². The van der Waals surface area contributed by atoms with Crippen molar-refractivity contribution in [2.45, 2.75) is 6.42 Å². The van der Waals surface area contributed by atoms with E-state index in [4.69, 9.17) is 9.84 Å². The fraction of sp³-hybridized carbons (Fsp3) is 0.533. The van der Waals surface area contributed by atoms with Crippen LogP contribution in [0.15, 0.2) is 12.1 Å². The van der Waals surface area contributed by atoms with Crippen molar-refractivity contribution >= 4 is 15.9 Å². The standard InChI is InChI=1S/C15H20F2N2O5S/c1-24-7-2-8-25(22,23)19-5-3-18(4-6-19)15(21)11-9-12(16)14(20)13(17)10-11/h9-10,20H,2-8H2,1H3. The molecule has 1 fully saturated rings. The predicted octanol–water partition coefficient (Wildman–Crippen LogP) is 0.795. The van der Waals surface area contributed by atoms with E-state index in [1.807, 2.05) is 0 Å². The molecular weight excluding hydrogens is 358 g/mol. The number of phenols is 1. The third kappa shape index (κ3) is 4.65. The van der Waals surface area contributed by atoms with E-state index in [2.05, 4.69) is 0 Å². The zero-order valence-electron chi connectivity index (χ0n) is 13.7. The van der Waals surface area contributed by atoms with Gasteiger partial charge in [0.05, 0.1) is 5.75 Å². The first-order valence-electron chi connectivity index (χ1n) is 7.70. The summed E-state index contributed by atoms with van der Waals surface area (Å²) in [5.41, 5.74) is -0.232. The molecule has 2 rings (SSSR count). The average Bonchev–Trinajstić information content (AvgIpc) is 2.59. The number of benzene rings is 1. The highest BCUT2D eigenvalue weighted by Gasteiger charge is 2.29. The Balaban J connectivity index is 1.99. The molecule has 1 aromatic carbocycles. The molecule has 0 radical (unpaired) electrons. The molecule has 1 saturated heterocycles. The zero-order chi connectivity index (χ0) is 18.6. The normalized spacial score (nSPS) is 16.2. The van der Waals surface area contributed by atoms with Crippen LogP contribution in [0.1, 0.15) is 16.8 Å². The van der Waals surface area contributed by atoms with Gasteiger partial charge in [-0.3, -0.25) is 4.79 Å². The highest BCUT2D eigenvalue weighted by molar-refractivity contribution is 7.89. The van der Waals surface area contributed by atoms with Crippen LogP contribution < -0.4 is 0 Å². The number of halogens is 2. The van der Waals surface area contributed by atoms with Crippen molar-refractivity contribution in [3.63, 3.8) is 0 Å². The Morgan fingerprint density at radius 3 is 2.28 bits per heavy atom. The minimum Gasteiger partial charge on any atom is -0.503 e. The Hall–Kier alpha value is -1.78. The quantitative estimate of drug-likeness (QED) is 0.740. The van der Waals surface area contributed by atoms with Crippen LogP contribution in [0.25, 0.3) is 0 Å². The predicted molar refractivity (Wildman–Crippen MR) is 85.8 cm³/mol. The summed E-state index contributed by atoms with van der Waals surface area (Å²) in [6, 6.07) is 1.52. The van der Waals surface area contributed by atoms with Crippen molar-refractivity contribution in [3.8, 4) is 5.75 Å². The van der Waals surface area contributed by atoms with E-state index in [1.54, 1.807) is 0 Å². The van der Waals surface area contributed by atoms with Crippen LogP contribution in [0.2, 0.25) is 0 Å².